The van der Waals surface area contributed by atoms with Gasteiger partial charge in [-0.3, -0.25) is 10.1 Å². The summed E-state index contributed by atoms with van der Waals surface area (Å²) in [7, 11) is 0. The van der Waals surface area contributed by atoms with E-state index in [-0.39, 0.29) is 10.9 Å². The van der Waals surface area contributed by atoms with Gasteiger partial charge in [0, 0.05) is 15.3 Å². The minimum Gasteiger partial charge on any atom is -0.507 e. The normalized spacial score (nSPS) is 10.9. The third-order valence-corrected chi connectivity index (χ3v) is 5.91. The molecule has 0 radical (unpaired) electrons. The van der Waals surface area contributed by atoms with Gasteiger partial charge >= 0.3 is 0 Å². The maximum atomic E-state index is 12.5. The van der Waals surface area contributed by atoms with Crippen LogP contribution in [0.4, 0.5) is 5.69 Å². The molecule has 1 heterocycles. The van der Waals surface area contributed by atoms with Crippen LogP contribution in [0.5, 0.6) is 5.75 Å². The Morgan fingerprint density at radius 1 is 1.16 bits per heavy atom. The number of phenols is 1. The molecule has 0 aliphatic heterocycles. The minimum absolute atomic E-state index is 0.0364. The van der Waals surface area contributed by atoms with Crippen molar-refractivity contribution in [1.29, 1.82) is 0 Å². The monoisotopic (exact) mass is 577 g/mol. The summed E-state index contributed by atoms with van der Waals surface area (Å²) in [6.07, 6.45) is 0. The van der Waals surface area contributed by atoms with Crippen LogP contribution in [0.2, 0.25) is 5.02 Å². The van der Waals surface area contributed by atoms with Crippen molar-refractivity contribution in [2.75, 3.05) is 5.32 Å². The molecule has 0 atom stereocenters. The van der Waals surface area contributed by atoms with E-state index in [0.29, 0.717) is 33.3 Å². The number of anilines is 1. The van der Waals surface area contributed by atoms with Gasteiger partial charge in [0.1, 0.15) is 11.3 Å². The number of oxazole rings is 1. The predicted octanol–water partition coefficient (Wildman–Crippen LogP) is 6.20. The van der Waals surface area contributed by atoms with Gasteiger partial charge in [-0.1, -0.05) is 17.7 Å². The topological polar surface area (TPSA) is 87.4 Å². The van der Waals surface area contributed by atoms with Gasteiger partial charge in [-0.2, -0.15) is 0 Å². The first-order chi connectivity index (χ1) is 15.2. The molecule has 6 nitrogen and oxygen atoms in total. The van der Waals surface area contributed by atoms with Crippen LogP contribution in [0.25, 0.3) is 22.6 Å². The average Bonchev–Trinajstić information content (AvgIpc) is 3.13. The number of carbonyl (C=O) groups excluding carboxylic acids is 1. The van der Waals surface area contributed by atoms with E-state index in [1.807, 2.05) is 26.0 Å². The van der Waals surface area contributed by atoms with E-state index < -0.39 is 5.91 Å². The number of nitrogens with one attached hydrogen (secondary N) is 2. The highest BCUT2D eigenvalue weighted by Crippen LogP contribution is 2.34. The number of thiocarbonyl (C=S) groups is 1. The van der Waals surface area contributed by atoms with Crippen molar-refractivity contribution in [2.24, 2.45) is 0 Å². The van der Waals surface area contributed by atoms with Crippen LogP contribution in [0.1, 0.15) is 21.5 Å². The molecule has 1 amide bonds. The van der Waals surface area contributed by atoms with E-state index in [1.165, 1.54) is 6.07 Å². The summed E-state index contributed by atoms with van der Waals surface area (Å²) in [5.41, 5.74) is 4.74. The molecule has 32 heavy (non-hydrogen) atoms. The van der Waals surface area contributed by atoms with Crippen molar-refractivity contribution in [1.82, 2.24) is 10.3 Å². The van der Waals surface area contributed by atoms with E-state index in [2.05, 4.69) is 38.2 Å². The third-order valence-electron chi connectivity index (χ3n) is 4.71. The number of rotatable bonds is 3. The molecule has 4 aromatic rings. The van der Waals surface area contributed by atoms with Gasteiger partial charge in [0.05, 0.1) is 16.1 Å². The Hall–Kier alpha value is -2.69. The molecule has 1 aromatic heterocycles. The number of halogens is 2. The van der Waals surface area contributed by atoms with Crippen LogP contribution in [0.15, 0.2) is 52.9 Å². The maximum absolute atomic E-state index is 12.5. The Labute approximate surface area is 208 Å². The van der Waals surface area contributed by atoms with Gasteiger partial charge in [0.2, 0.25) is 5.89 Å². The molecular weight excluding hydrogens is 561 g/mol. The van der Waals surface area contributed by atoms with Crippen molar-refractivity contribution in [3.63, 3.8) is 0 Å². The van der Waals surface area contributed by atoms with Gasteiger partial charge in [0.15, 0.2) is 10.7 Å². The zero-order chi connectivity index (χ0) is 23.0. The number of aromatic hydroxyl groups is 1. The lowest BCUT2D eigenvalue weighted by atomic mass is 10.1. The molecule has 3 aromatic carbocycles. The predicted molar refractivity (Wildman–Crippen MR) is 138 cm³/mol. The molecule has 0 bridgehead atoms. The molecule has 4 rings (SSSR count). The summed E-state index contributed by atoms with van der Waals surface area (Å²) >= 11 is 13.4. The zero-order valence-corrected chi connectivity index (χ0v) is 20.7. The Bertz CT molecular complexity index is 1390. The number of hydrogen-bond acceptors (Lipinski definition) is 5. The fraction of sp³-hybridized carbons (Fsp3) is 0.0870. The number of aryl methyl sites for hydroxylation is 2. The first-order valence-electron chi connectivity index (χ1n) is 9.50. The molecule has 0 fully saturated rings. The number of benzene rings is 3. The molecular formula is C23H17ClIN3O3S. The lowest BCUT2D eigenvalue weighted by Crippen LogP contribution is -2.34. The smallest absolute Gasteiger partial charge is 0.258 e. The second kappa shape index (κ2) is 9.05. The summed E-state index contributed by atoms with van der Waals surface area (Å²) in [5, 5.41) is 16.4. The Morgan fingerprint density at radius 2 is 1.94 bits per heavy atom. The van der Waals surface area contributed by atoms with Crippen LogP contribution in [-0.4, -0.2) is 21.1 Å². The van der Waals surface area contributed by atoms with E-state index in [4.69, 9.17) is 28.2 Å². The van der Waals surface area contributed by atoms with Crippen molar-refractivity contribution in [2.45, 2.75) is 13.8 Å². The first kappa shape index (κ1) is 22.5. The molecule has 0 aliphatic carbocycles. The van der Waals surface area contributed by atoms with Crippen molar-refractivity contribution in [3.05, 3.63) is 73.8 Å². The summed E-state index contributed by atoms with van der Waals surface area (Å²) in [6, 6.07) is 13.9. The standard InChI is InChI=1S/C23H17ClIN3O3S/c1-11-7-12(2)20-18(8-11)27-22(31-20)15-5-4-14(10-19(15)29)26-23(32)28-21(30)16-9-13(25)3-6-17(16)24/h3-10,29H,1-2H3,(H2,26,28,30,32). The van der Waals surface area contributed by atoms with Crippen molar-refractivity contribution >= 4 is 74.2 Å². The van der Waals surface area contributed by atoms with Gasteiger partial charge in [-0.15, -0.1) is 0 Å². The van der Waals surface area contributed by atoms with E-state index in [0.717, 1.165) is 20.2 Å². The number of amides is 1. The number of carbonyl (C=O) groups is 1. The number of hydrogen-bond donors (Lipinski definition) is 3. The van der Waals surface area contributed by atoms with Gasteiger partial charge in [-0.05, 0) is 96.2 Å². The quantitative estimate of drug-likeness (QED) is 0.199. The largest absolute Gasteiger partial charge is 0.507 e. The average molecular weight is 578 g/mol. The lowest BCUT2D eigenvalue weighted by Gasteiger charge is -2.11. The molecule has 162 valence electrons. The fourth-order valence-corrected chi connectivity index (χ4v) is 4.19. The molecule has 0 unspecified atom stereocenters. The van der Waals surface area contributed by atoms with Gasteiger partial charge in [-0.25, -0.2) is 4.98 Å². The van der Waals surface area contributed by atoms with E-state index >= 15 is 0 Å². The summed E-state index contributed by atoms with van der Waals surface area (Å²) < 4.78 is 6.75. The van der Waals surface area contributed by atoms with Gasteiger partial charge in [0.25, 0.3) is 5.91 Å². The highest BCUT2D eigenvalue weighted by Gasteiger charge is 2.16. The second-order valence-electron chi connectivity index (χ2n) is 7.21. The zero-order valence-electron chi connectivity index (χ0n) is 17.0. The van der Waals surface area contributed by atoms with Crippen LogP contribution in [-0.2, 0) is 0 Å². The number of fused-ring (bicyclic) bond motifs is 1. The molecule has 0 aliphatic rings. The van der Waals surface area contributed by atoms with Crippen LogP contribution >= 0.6 is 46.4 Å². The van der Waals surface area contributed by atoms with Crippen LogP contribution in [0, 0.1) is 17.4 Å². The Kier molecular flexibility index (Phi) is 6.36. The SMILES string of the molecule is Cc1cc(C)c2oc(-c3ccc(NC(=S)NC(=O)c4cc(I)ccc4Cl)cc3O)nc2c1. The highest BCUT2D eigenvalue weighted by atomic mass is 127. The van der Waals surface area contributed by atoms with Crippen molar-refractivity contribution in [3.8, 4) is 17.2 Å². The van der Waals surface area contributed by atoms with Gasteiger partial charge < -0.3 is 14.8 Å². The number of nitrogens with zero attached hydrogens (tertiary/aromatic N) is 1. The number of aromatic nitrogens is 1. The highest BCUT2D eigenvalue weighted by molar-refractivity contribution is 14.1. The van der Waals surface area contributed by atoms with Crippen LogP contribution < -0.4 is 10.6 Å². The van der Waals surface area contributed by atoms with E-state index in [1.54, 1.807) is 30.3 Å². The molecule has 0 saturated heterocycles. The second-order valence-corrected chi connectivity index (χ2v) is 9.27. The summed E-state index contributed by atoms with van der Waals surface area (Å²) in [4.78, 5) is 17.0. The van der Waals surface area contributed by atoms with Crippen LogP contribution in [0.3, 0.4) is 0 Å². The number of phenolic OH excluding ortho intramolecular Hbond substituents is 1. The molecule has 0 spiro atoms. The third kappa shape index (κ3) is 4.72. The Balaban J connectivity index is 1.51. The maximum Gasteiger partial charge on any atom is 0.258 e. The lowest BCUT2D eigenvalue weighted by molar-refractivity contribution is 0.0978. The minimum atomic E-state index is -0.427. The first-order valence-corrected chi connectivity index (χ1v) is 11.4. The fourth-order valence-electron chi connectivity index (χ4n) is 3.29. The Morgan fingerprint density at radius 3 is 2.69 bits per heavy atom. The molecule has 3 N–H and O–H groups in total. The summed E-state index contributed by atoms with van der Waals surface area (Å²) in [5.74, 6) is -0.142. The van der Waals surface area contributed by atoms with E-state index in [9.17, 15) is 9.90 Å². The molecule has 0 saturated carbocycles. The van der Waals surface area contributed by atoms with Crippen molar-refractivity contribution < 1.29 is 14.3 Å². The summed E-state index contributed by atoms with van der Waals surface area (Å²) in [6.45, 7) is 3.95. The molecule has 9 heteroatoms.